The van der Waals surface area contributed by atoms with Crippen molar-refractivity contribution in [3.05, 3.63) is 5.89 Å². The average Bonchev–Trinajstić information content (AvgIpc) is 3.14. The highest BCUT2D eigenvalue weighted by molar-refractivity contribution is 7.99. The largest absolute Gasteiger partial charge is 0.407 e. The van der Waals surface area contributed by atoms with Crippen molar-refractivity contribution in [2.75, 3.05) is 17.6 Å². The number of aromatic nitrogens is 2. The maximum Gasteiger partial charge on any atom is 0.315 e. The zero-order valence-electron chi connectivity index (χ0n) is 10.5. The molecule has 2 heterocycles. The van der Waals surface area contributed by atoms with E-state index in [9.17, 15) is 0 Å². The summed E-state index contributed by atoms with van der Waals surface area (Å²) in [6, 6.07) is 1.24. The van der Waals surface area contributed by atoms with E-state index in [0.717, 1.165) is 6.54 Å². The smallest absolute Gasteiger partial charge is 0.315 e. The number of hydrogen-bond donors (Lipinski definition) is 2. The van der Waals surface area contributed by atoms with E-state index in [1.54, 1.807) is 0 Å². The summed E-state index contributed by atoms with van der Waals surface area (Å²) in [5.41, 5.74) is 0. The van der Waals surface area contributed by atoms with Crippen LogP contribution in [0.25, 0.3) is 0 Å². The van der Waals surface area contributed by atoms with Crippen LogP contribution in [0, 0.1) is 0 Å². The number of nitrogens with one attached hydrogen (secondary N) is 2. The topological polar surface area (TPSA) is 63.0 Å². The van der Waals surface area contributed by atoms with Crippen molar-refractivity contribution in [3.63, 3.8) is 0 Å². The van der Waals surface area contributed by atoms with Crippen LogP contribution in [0.2, 0.25) is 0 Å². The Morgan fingerprint density at radius 1 is 1.22 bits per heavy atom. The Kier molecular flexibility index (Phi) is 4.05. The van der Waals surface area contributed by atoms with Gasteiger partial charge in [-0.15, -0.1) is 5.10 Å². The van der Waals surface area contributed by atoms with Crippen molar-refractivity contribution in [3.8, 4) is 0 Å². The summed E-state index contributed by atoms with van der Waals surface area (Å²) in [5, 5.41) is 15.4. The molecule has 5 nitrogen and oxygen atoms in total. The summed E-state index contributed by atoms with van der Waals surface area (Å²) in [4.78, 5) is 0. The number of nitrogens with zero attached hydrogens (tertiary/aromatic N) is 2. The summed E-state index contributed by atoms with van der Waals surface area (Å²) >= 11 is 2.05. The third-order valence-corrected chi connectivity index (χ3v) is 4.74. The van der Waals surface area contributed by atoms with Gasteiger partial charge in [0.2, 0.25) is 5.89 Å². The van der Waals surface area contributed by atoms with E-state index in [1.807, 2.05) is 11.8 Å². The SMILES string of the molecule is C1CCC(CNc2nnc(CNC3CC3)o2)SC1. The standard InChI is InChI=1S/C12H20N4OS/c1-2-6-18-10(3-1)7-14-12-16-15-11(17-12)8-13-9-4-5-9/h9-10,13H,1-8H2,(H,14,16). The monoisotopic (exact) mass is 268 g/mol. The maximum absolute atomic E-state index is 5.55. The van der Waals surface area contributed by atoms with Crippen LogP contribution in [0.15, 0.2) is 4.42 Å². The molecule has 1 atom stereocenters. The zero-order valence-corrected chi connectivity index (χ0v) is 11.3. The molecule has 1 aliphatic heterocycles. The second-order valence-electron chi connectivity index (χ2n) is 5.03. The van der Waals surface area contributed by atoms with E-state index in [1.165, 1.54) is 37.9 Å². The first-order valence-corrected chi connectivity index (χ1v) is 7.86. The average molecular weight is 268 g/mol. The number of rotatable bonds is 6. The Morgan fingerprint density at radius 3 is 2.94 bits per heavy atom. The molecule has 0 radical (unpaired) electrons. The summed E-state index contributed by atoms with van der Waals surface area (Å²) in [5.74, 6) is 1.97. The summed E-state index contributed by atoms with van der Waals surface area (Å²) in [6.07, 6.45) is 6.55. The Morgan fingerprint density at radius 2 is 2.17 bits per heavy atom. The van der Waals surface area contributed by atoms with Crippen molar-refractivity contribution in [1.29, 1.82) is 0 Å². The summed E-state index contributed by atoms with van der Waals surface area (Å²) in [6.45, 7) is 1.62. The Balaban J connectivity index is 1.41. The van der Waals surface area contributed by atoms with Crippen LogP contribution in [0.5, 0.6) is 0 Å². The second-order valence-corrected chi connectivity index (χ2v) is 6.43. The number of hydrogen-bond acceptors (Lipinski definition) is 6. The lowest BCUT2D eigenvalue weighted by Gasteiger charge is -2.20. The Bertz CT molecular complexity index is 374. The van der Waals surface area contributed by atoms with E-state index in [-0.39, 0.29) is 0 Å². The van der Waals surface area contributed by atoms with E-state index >= 15 is 0 Å². The van der Waals surface area contributed by atoms with Gasteiger partial charge in [-0.05, 0) is 31.4 Å². The summed E-state index contributed by atoms with van der Waals surface area (Å²) < 4.78 is 5.55. The molecule has 1 aromatic rings. The van der Waals surface area contributed by atoms with Gasteiger partial charge < -0.3 is 15.1 Å². The molecule has 2 aliphatic rings. The van der Waals surface area contributed by atoms with Gasteiger partial charge in [0.1, 0.15) is 0 Å². The predicted molar refractivity (Wildman–Crippen MR) is 72.7 cm³/mol. The molecule has 1 saturated heterocycles. The fourth-order valence-electron chi connectivity index (χ4n) is 2.09. The van der Waals surface area contributed by atoms with Gasteiger partial charge in [-0.3, -0.25) is 0 Å². The minimum atomic E-state index is 0.564. The molecule has 1 saturated carbocycles. The van der Waals surface area contributed by atoms with Crippen molar-refractivity contribution in [2.24, 2.45) is 0 Å². The molecular formula is C12H20N4OS. The van der Waals surface area contributed by atoms with E-state index in [2.05, 4.69) is 20.8 Å². The van der Waals surface area contributed by atoms with Gasteiger partial charge in [0.05, 0.1) is 6.54 Å². The molecule has 0 amide bonds. The predicted octanol–water partition coefficient (Wildman–Crippen LogP) is 2.02. The quantitative estimate of drug-likeness (QED) is 0.823. The fourth-order valence-corrected chi connectivity index (χ4v) is 3.32. The van der Waals surface area contributed by atoms with Gasteiger partial charge in [-0.1, -0.05) is 11.5 Å². The molecule has 1 aromatic heterocycles. The third-order valence-electron chi connectivity index (χ3n) is 3.34. The third kappa shape index (κ3) is 3.62. The first-order valence-electron chi connectivity index (χ1n) is 6.81. The Labute approximate surface area is 111 Å². The highest BCUT2D eigenvalue weighted by Gasteiger charge is 2.21. The molecule has 3 rings (SSSR count). The van der Waals surface area contributed by atoms with Gasteiger partial charge in [0, 0.05) is 17.8 Å². The molecule has 1 aliphatic carbocycles. The van der Waals surface area contributed by atoms with Crippen LogP contribution in [-0.2, 0) is 6.54 Å². The molecule has 0 spiro atoms. The Hall–Kier alpha value is -0.750. The lowest BCUT2D eigenvalue weighted by Crippen LogP contribution is -2.20. The minimum absolute atomic E-state index is 0.564. The molecule has 1 unspecified atom stereocenters. The highest BCUT2D eigenvalue weighted by atomic mass is 32.2. The lowest BCUT2D eigenvalue weighted by atomic mass is 10.2. The van der Waals surface area contributed by atoms with Gasteiger partial charge in [0.15, 0.2) is 0 Å². The van der Waals surface area contributed by atoms with E-state index < -0.39 is 0 Å². The fraction of sp³-hybridized carbons (Fsp3) is 0.833. The molecular weight excluding hydrogens is 248 g/mol. The molecule has 2 fully saturated rings. The molecule has 18 heavy (non-hydrogen) atoms. The van der Waals surface area contributed by atoms with Gasteiger partial charge in [-0.2, -0.15) is 11.8 Å². The van der Waals surface area contributed by atoms with Crippen LogP contribution < -0.4 is 10.6 Å². The van der Waals surface area contributed by atoms with Crippen molar-refractivity contribution in [2.45, 2.75) is 49.9 Å². The summed E-state index contributed by atoms with van der Waals surface area (Å²) in [7, 11) is 0. The number of anilines is 1. The molecule has 2 N–H and O–H groups in total. The van der Waals surface area contributed by atoms with Crippen molar-refractivity contribution < 1.29 is 4.42 Å². The van der Waals surface area contributed by atoms with Crippen molar-refractivity contribution >= 4 is 17.8 Å². The van der Waals surface area contributed by atoms with Crippen LogP contribution in [0.3, 0.4) is 0 Å². The first kappa shape index (κ1) is 12.3. The van der Waals surface area contributed by atoms with Gasteiger partial charge in [0.25, 0.3) is 0 Å². The van der Waals surface area contributed by atoms with Gasteiger partial charge in [-0.25, -0.2) is 0 Å². The molecule has 0 bridgehead atoms. The highest BCUT2D eigenvalue weighted by Crippen LogP contribution is 2.25. The zero-order chi connectivity index (χ0) is 12.2. The first-order chi connectivity index (χ1) is 8.90. The second kappa shape index (κ2) is 5.93. The van der Waals surface area contributed by atoms with Crippen LogP contribution in [0.4, 0.5) is 6.01 Å². The van der Waals surface area contributed by atoms with Crippen molar-refractivity contribution in [1.82, 2.24) is 15.5 Å². The normalized spacial score (nSPS) is 24.1. The van der Waals surface area contributed by atoms with Crippen LogP contribution in [-0.4, -0.2) is 33.8 Å². The molecule has 0 aromatic carbocycles. The molecule has 6 heteroatoms. The minimum Gasteiger partial charge on any atom is -0.407 e. The van der Waals surface area contributed by atoms with Gasteiger partial charge >= 0.3 is 6.01 Å². The maximum atomic E-state index is 5.55. The number of thioether (sulfide) groups is 1. The van der Waals surface area contributed by atoms with Crippen LogP contribution in [0.1, 0.15) is 38.0 Å². The van der Waals surface area contributed by atoms with E-state index in [0.29, 0.717) is 29.7 Å². The lowest BCUT2D eigenvalue weighted by molar-refractivity contribution is 0.475. The van der Waals surface area contributed by atoms with Crippen LogP contribution >= 0.6 is 11.8 Å². The van der Waals surface area contributed by atoms with E-state index in [4.69, 9.17) is 4.42 Å². The molecule has 100 valence electrons.